The number of hydrogen-bond acceptors (Lipinski definition) is 12. The molecule has 178 valence electrons. The first-order valence-electron chi connectivity index (χ1n) is 9.06. The van der Waals surface area contributed by atoms with Crippen molar-refractivity contribution < 1.29 is 60.5 Å². The summed E-state index contributed by atoms with van der Waals surface area (Å²) in [5.74, 6) is 0. The van der Waals surface area contributed by atoms with Gasteiger partial charge in [0.25, 0.3) is 0 Å². The molecular formula is C17H38O12. The predicted molar refractivity (Wildman–Crippen MR) is 99.8 cm³/mol. The largest absolute Gasteiger partial charge is 0.396 e. The summed E-state index contributed by atoms with van der Waals surface area (Å²) >= 11 is 0. The Bertz CT molecular complexity index is 298. The lowest BCUT2D eigenvalue weighted by atomic mass is 9.91. The van der Waals surface area contributed by atoms with Crippen LogP contribution in [-0.4, -0.2) is 144 Å². The Morgan fingerprint density at radius 1 is 0.448 bits per heavy atom. The van der Waals surface area contributed by atoms with Crippen LogP contribution in [0.4, 0.5) is 0 Å². The first kappa shape index (κ1) is 30.7. The molecule has 1 aliphatic rings. The molecule has 10 N–H and O–H groups in total. The highest BCUT2D eigenvalue weighted by molar-refractivity contribution is 4.80. The van der Waals surface area contributed by atoms with Crippen LogP contribution in [-0.2, 0) is 9.47 Å². The normalized spacial score (nSPS) is 13.9. The first-order chi connectivity index (χ1) is 13.8. The molecule has 0 amide bonds. The van der Waals surface area contributed by atoms with E-state index >= 15 is 0 Å². The second-order valence-electron chi connectivity index (χ2n) is 7.19. The van der Waals surface area contributed by atoms with E-state index < -0.39 is 82.3 Å². The van der Waals surface area contributed by atoms with E-state index in [1.54, 1.807) is 0 Å². The summed E-state index contributed by atoms with van der Waals surface area (Å²) in [5, 5.41) is 88.2. The van der Waals surface area contributed by atoms with Crippen LogP contribution in [0.5, 0.6) is 0 Å². The van der Waals surface area contributed by atoms with Gasteiger partial charge in [-0.15, -0.1) is 0 Å². The van der Waals surface area contributed by atoms with Gasteiger partial charge in [-0.1, -0.05) is 0 Å². The monoisotopic (exact) mass is 434 g/mol. The van der Waals surface area contributed by atoms with Crippen LogP contribution in [0.2, 0.25) is 0 Å². The molecular weight excluding hydrogens is 396 g/mol. The summed E-state index contributed by atoms with van der Waals surface area (Å²) in [6, 6.07) is 0. The van der Waals surface area contributed by atoms with E-state index in [1.807, 2.05) is 0 Å². The molecule has 0 unspecified atom stereocenters. The van der Waals surface area contributed by atoms with Crippen molar-refractivity contribution in [3.05, 3.63) is 0 Å². The average molecular weight is 434 g/mol. The van der Waals surface area contributed by atoms with Crippen LogP contribution in [0.15, 0.2) is 0 Å². The van der Waals surface area contributed by atoms with Crippen molar-refractivity contribution in [2.24, 2.45) is 16.2 Å². The molecule has 1 fully saturated rings. The standard InChI is InChI=1S/C10H22O7.C5H12O4.C2H4O/c11-1-9(2-12,3-13)7-17-8-10(4-14,5-15)6-16;6-1-5(2-7,3-8)4-9;1-2-3-1/h11-16H,1-8H2;6-9H,1-4H2;1-2H2. The maximum atomic E-state index is 9.03. The van der Waals surface area contributed by atoms with Gasteiger partial charge >= 0.3 is 0 Å². The molecule has 0 radical (unpaired) electrons. The number of hydrogen-bond donors (Lipinski definition) is 10. The Hall–Kier alpha value is -0.480. The molecule has 0 atom stereocenters. The summed E-state index contributed by atoms with van der Waals surface area (Å²) in [6.45, 7) is -2.63. The third kappa shape index (κ3) is 12.1. The second kappa shape index (κ2) is 17.2. The molecule has 0 aliphatic carbocycles. The summed E-state index contributed by atoms with van der Waals surface area (Å²) in [7, 11) is 0. The van der Waals surface area contributed by atoms with Crippen molar-refractivity contribution in [2.75, 3.05) is 92.5 Å². The molecule has 12 heteroatoms. The zero-order chi connectivity index (χ0) is 22.8. The molecule has 12 nitrogen and oxygen atoms in total. The van der Waals surface area contributed by atoms with E-state index in [4.69, 9.17) is 55.8 Å². The van der Waals surface area contributed by atoms with E-state index in [-0.39, 0.29) is 13.2 Å². The van der Waals surface area contributed by atoms with E-state index in [9.17, 15) is 0 Å². The number of epoxide rings is 1. The molecule has 1 rings (SSSR count). The zero-order valence-corrected chi connectivity index (χ0v) is 16.7. The molecule has 0 aromatic heterocycles. The minimum absolute atomic E-state index is 0.141. The lowest BCUT2D eigenvalue weighted by molar-refractivity contribution is -0.103. The van der Waals surface area contributed by atoms with E-state index in [1.165, 1.54) is 0 Å². The summed E-state index contributed by atoms with van der Waals surface area (Å²) < 4.78 is 9.65. The van der Waals surface area contributed by atoms with Crippen molar-refractivity contribution in [3.8, 4) is 0 Å². The number of ether oxygens (including phenoxy) is 2. The van der Waals surface area contributed by atoms with Crippen LogP contribution in [0.1, 0.15) is 0 Å². The lowest BCUT2D eigenvalue weighted by Gasteiger charge is -2.31. The molecule has 0 spiro atoms. The maximum absolute atomic E-state index is 9.03. The van der Waals surface area contributed by atoms with Crippen molar-refractivity contribution >= 4 is 0 Å². The highest BCUT2D eigenvalue weighted by Gasteiger charge is 2.32. The summed E-state index contributed by atoms with van der Waals surface area (Å²) in [4.78, 5) is 0. The molecule has 0 bridgehead atoms. The van der Waals surface area contributed by atoms with Gasteiger partial charge in [0.05, 0.1) is 109 Å². The predicted octanol–water partition coefficient (Wildman–Crippen LogP) is -5.11. The Kier molecular flexibility index (Phi) is 18.2. The first-order valence-corrected chi connectivity index (χ1v) is 9.06. The fraction of sp³-hybridized carbons (Fsp3) is 1.00. The number of rotatable bonds is 14. The van der Waals surface area contributed by atoms with Gasteiger partial charge in [0.15, 0.2) is 0 Å². The van der Waals surface area contributed by atoms with Gasteiger partial charge in [-0.05, 0) is 0 Å². The fourth-order valence-electron chi connectivity index (χ4n) is 1.36. The van der Waals surface area contributed by atoms with Gasteiger partial charge in [0.2, 0.25) is 0 Å². The second-order valence-corrected chi connectivity index (χ2v) is 7.19. The van der Waals surface area contributed by atoms with Crippen molar-refractivity contribution in [1.29, 1.82) is 0 Å². The van der Waals surface area contributed by atoms with Gasteiger partial charge in [-0.25, -0.2) is 0 Å². The van der Waals surface area contributed by atoms with Gasteiger partial charge in [0.1, 0.15) is 0 Å². The van der Waals surface area contributed by atoms with Crippen LogP contribution in [0.25, 0.3) is 0 Å². The van der Waals surface area contributed by atoms with E-state index in [2.05, 4.69) is 4.74 Å². The van der Waals surface area contributed by atoms with E-state index in [0.29, 0.717) is 0 Å². The molecule has 0 aromatic carbocycles. The zero-order valence-electron chi connectivity index (χ0n) is 16.7. The molecule has 1 heterocycles. The van der Waals surface area contributed by atoms with Gasteiger partial charge in [0, 0.05) is 0 Å². The quantitative estimate of drug-likeness (QED) is 0.116. The smallest absolute Gasteiger partial charge is 0.0701 e. The topological polar surface area (TPSA) is 224 Å². The van der Waals surface area contributed by atoms with Crippen molar-refractivity contribution in [2.45, 2.75) is 0 Å². The van der Waals surface area contributed by atoms with Gasteiger partial charge < -0.3 is 60.5 Å². The summed E-state index contributed by atoms with van der Waals surface area (Å²) in [5.41, 5.74) is -3.43. The highest BCUT2D eigenvalue weighted by Crippen LogP contribution is 2.19. The van der Waals surface area contributed by atoms with Crippen LogP contribution < -0.4 is 0 Å². The molecule has 1 saturated heterocycles. The Labute approximate surface area is 170 Å². The van der Waals surface area contributed by atoms with Crippen LogP contribution in [0.3, 0.4) is 0 Å². The lowest BCUT2D eigenvalue weighted by Crippen LogP contribution is -2.43. The molecule has 1 aliphatic heterocycles. The molecule has 29 heavy (non-hydrogen) atoms. The third-order valence-corrected chi connectivity index (χ3v) is 4.37. The van der Waals surface area contributed by atoms with Crippen molar-refractivity contribution in [1.82, 2.24) is 0 Å². The minimum atomic E-state index is -1.16. The number of aliphatic hydroxyl groups is 10. The number of aliphatic hydroxyl groups excluding tert-OH is 10. The Morgan fingerprint density at radius 3 is 0.759 bits per heavy atom. The van der Waals surface area contributed by atoms with Crippen LogP contribution in [0, 0.1) is 16.2 Å². The average Bonchev–Trinajstić information content (AvgIpc) is 3.67. The van der Waals surface area contributed by atoms with Gasteiger partial charge in [-0.2, -0.15) is 0 Å². The molecule has 0 saturated carbocycles. The third-order valence-electron chi connectivity index (χ3n) is 4.37. The highest BCUT2D eigenvalue weighted by atomic mass is 16.6. The minimum Gasteiger partial charge on any atom is -0.396 e. The van der Waals surface area contributed by atoms with E-state index in [0.717, 1.165) is 13.2 Å². The molecule has 0 aromatic rings. The van der Waals surface area contributed by atoms with Crippen LogP contribution >= 0.6 is 0 Å². The Morgan fingerprint density at radius 2 is 0.655 bits per heavy atom. The van der Waals surface area contributed by atoms with Crippen molar-refractivity contribution in [3.63, 3.8) is 0 Å². The fourth-order valence-corrected chi connectivity index (χ4v) is 1.36. The summed E-state index contributed by atoms with van der Waals surface area (Å²) in [6.07, 6.45) is 0. The Balaban J connectivity index is 0. The maximum Gasteiger partial charge on any atom is 0.0701 e. The SMILES string of the molecule is C1CO1.OCC(CO)(CO)CO.OCC(CO)(CO)COCC(CO)(CO)CO. The van der Waals surface area contributed by atoms with Gasteiger partial charge in [-0.3, -0.25) is 0 Å².